The summed E-state index contributed by atoms with van der Waals surface area (Å²) in [5.74, 6) is 2.18. The lowest BCUT2D eigenvalue weighted by atomic mass is 10.0. The second-order valence-corrected chi connectivity index (χ2v) is 16.7. The van der Waals surface area contributed by atoms with Crippen molar-refractivity contribution in [3.8, 4) is 0 Å². The van der Waals surface area contributed by atoms with E-state index in [1.165, 1.54) is 90.6 Å². The SMILES string of the molecule is CCCCCCCCCCCCCCCCCOP(=O)(OC)OCCCCCCSSCCCCCCOP(=O)([O-])O. The zero-order chi connectivity index (χ0) is 31.0. The summed E-state index contributed by atoms with van der Waals surface area (Å²) in [7, 11) is -2.85. The van der Waals surface area contributed by atoms with Crippen molar-refractivity contribution >= 4 is 37.2 Å². The number of rotatable bonds is 35. The van der Waals surface area contributed by atoms with Crippen LogP contribution in [0.25, 0.3) is 0 Å². The molecule has 0 heterocycles. The van der Waals surface area contributed by atoms with E-state index in [4.69, 9.17) is 18.5 Å². The second-order valence-electron chi connectivity index (χ2n) is 11.0. The van der Waals surface area contributed by atoms with Gasteiger partial charge in [0.05, 0.1) is 19.8 Å². The van der Waals surface area contributed by atoms with Crippen LogP contribution < -0.4 is 4.89 Å². The standard InChI is InChI=1S/C30H64O8P2S2/c1-3-4-5-6-7-8-9-10-11-12-13-14-15-16-22-27-37-40(34,35-2)38-28-23-18-20-25-30-42-41-29-24-19-17-21-26-36-39(31,32)33/h3-30H2,1-2H3,(H2,31,32,33)/p-1. The summed E-state index contributed by atoms with van der Waals surface area (Å²) in [6.45, 7) is 3.13. The molecule has 1 N–H and O–H groups in total. The van der Waals surface area contributed by atoms with Gasteiger partial charge < -0.3 is 14.3 Å². The smallest absolute Gasteiger partial charge is 0.474 e. The Morgan fingerprint density at radius 3 is 1.17 bits per heavy atom. The van der Waals surface area contributed by atoms with E-state index in [9.17, 15) is 14.0 Å². The quantitative estimate of drug-likeness (QED) is 0.0395. The Morgan fingerprint density at radius 1 is 0.524 bits per heavy atom. The van der Waals surface area contributed by atoms with Gasteiger partial charge in [-0.3, -0.25) is 18.1 Å². The van der Waals surface area contributed by atoms with Gasteiger partial charge >= 0.3 is 7.82 Å². The monoisotopic (exact) mass is 677 g/mol. The number of unbranched alkanes of at least 4 members (excludes halogenated alkanes) is 20. The number of hydrogen-bond acceptors (Lipinski definition) is 9. The molecule has 12 heteroatoms. The van der Waals surface area contributed by atoms with E-state index in [0.717, 1.165) is 69.3 Å². The Morgan fingerprint density at radius 2 is 0.833 bits per heavy atom. The van der Waals surface area contributed by atoms with Crippen LogP contribution in [0.15, 0.2) is 0 Å². The highest BCUT2D eigenvalue weighted by molar-refractivity contribution is 8.76. The van der Waals surface area contributed by atoms with E-state index in [0.29, 0.717) is 19.6 Å². The maximum atomic E-state index is 12.6. The molecule has 0 rings (SSSR count). The van der Waals surface area contributed by atoms with Crippen molar-refractivity contribution in [3.63, 3.8) is 0 Å². The minimum Gasteiger partial charge on any atom is -0.756 e. The summed E-state index contributed by atoms with van der Waals surface area (Å²) in [5.41, 5.74) is 0. The molecule has 0 spiro atoms. The molecule has 0 aromatic rings. The Hall–Kier alpha value is 0.920. The molecule has 0 saturated heterocycles. The molecule has 8 nitrogen and oxygen atoms in total. The van der Waals surface area contributed by atoms with Crippen LogP contribution in [-0.4, -0.2) is 43.3 Å². The fraction of sp³-hybridized carbons (Fsp3) is 1.00. The topological polar surface area (TPSA) is 114 Å². The predicted octanol–water partition coefficient (Wildman–Crippen LogP) is 10.6. The summed E-state index contributed by atoms with van der Waals surface area (Å²) in [6.07, 6.45) is 27.4. The van der Waals surface area contributed by atoms with Crippen LogP contribution in [0.2, 0.25) is 0 Å². The van der Waals surface area contributed by atoms with Crippen molar-refractivity contribution in [1.82, 2.24) is 0 Å². The first kappa shape index (κ1) is 42.9. The van der Waals surface area contributed by atoms with Crippen molar-refractivity contribution in [2.45, 2.75) is 155 Å². The molecular formula is C30H63O8P2S2-. The number of phosphoric acid groups is 2. The molecule has 0 aliphatic heterocycles. The van der Waals surface area contributed by atoms with Gasteiger partial charge in [0.15, 0.2) is 0 Å². The second kappa shape index (κ2) is 31.9. The molecule has 0 fully saturated rings. The van der Waals surface area contributed by atoms with E-state index in [1.54, 1.807) is 0 Å². The van der Waals surface area contributed by atoms with Gasteiger partial charge in [-0.15, -0.1) is 0 Å². The molecule has 254 valence electrons. The summed E-state index contributed by atoms with van der Waals surface area (Å²) < 4.78 is 43.4. The van der Waals surface area contributed by atoms with Crippen LogP contribution in [0.4, 0.5) is 0 Å². The van der Waals surface area contributed by atoms with Crippen molar-refractivity contribution < 1.29 is 37.0 Å². The Balaban J connectivity index is 3.41. The molecule has 2 unspecified atom stereocenters. The molecule has 0 saturated carbocycles. The van der Waals surface area contributed by atoms with Gasteiger partial charge in [-0.25, -0.2) is 4.57 Å². The third-order valence-corrected chi connectivity index (χ3v) is 11.6. The molecule has 0 aliphatic carbocycles. The van der Waals surface area contributed by atoms with E-state index >= 15 is 0 Å². The molecule has 0 amide bonds. The van der Waals surface area contributed by atoms with Crippen LogP contribution in [0.1, 0.15) is 155 Å². The molecule has 0 radical (unpaired) electrons. The molecule has 42 heavy (non-hydrogen) atoms. The highest BCUT2D eigenvalue weighted by Gasteiger charge is 2.24. The zero-order valence-corrected chi connectivity index (χ0v) is 30.2. The third kappa shape index (κ3) is 33.8. The average Bonchev–Trinajstić information content (AvgIpc) is 2.96. The maximum Gasteiger partial charge on any atom is 0.474 e. The summed E-state index contributed by atoms with van der Waals surface area (Å²) in [6, 6.07) is 0. The zero-order valence-electron chi connectivity index (χ0n) is 26.8. The molecule has 0 aliphatic rings. The van der Waals surface area contributed by atoms with Crippen LogP contribution in [0.5, 0.6) is 0 Å². The van der Waals surface area contributed by atoms with Crippen molar-refractivity contribution in [3.05, 3.63) is 0 Å². The fourth-order valence-corrected chi connectivity index (χ4v) is 8.14. The summed E-state index contributed by atoms with van der Waals surface area (Å²) in [5, 5.41) is 0. The third-order valence-electron chi connectivity index (χ3n) is 7.05. The Bertz CT molecular complexity index is 655. The van der Waals surface area contributed by atoms with Crippen LogP contribution >= 0.6 is 37.2 Å². The highest BCUT2D eigenvalue weighted by atomic mass is 33.1. The van der Waals surface area contributed by atoms with Crippen molar-refractivity contribution in [1.29, 1.82) is 0 Å². The predicted molar refractivity (Wildman–Crippen MR) is 179 cm³/mol. The fourth-order valence-electron chi connectivity index (χ4n) is 4.50. The van der Waals surface area contributed by atoms with Crippen LogP contribution in [0.3, 0.4) is 0 Å². The molecule has 0 aromatic heterocycles. The van der Waals surface area contributed by atoms with Gasteiger partial charge in [-0.2, -0.15) is 0 Å². The Kier molecular flexibility index (Phi) is 32.6. The van der Waals surface area contributed by atoms with Crippen molar-refractivity contribution in [2.24, 2.45) is 0 Å². The van der Waals surface area contributed by atoms with Gasteiger partial charge in [0.1, 0.15) is 0 Å². The van der Waals surface area contributed by atoms with Crippen LogP contribution in [-0.2, 0) is 27.2 Å². The van der Waals surface area contributed by atoms with Crippen LogP contribution in [0, 0.1) is 0 Å². The van der Waals surface area contributed by atoms with Crippen molar-refractivity contribution in [2.75, 3.05) is 38.4 Å². The largest absolute Gasteiger partial charge is 0.756 e. The van der Waals surface area contributed by atoms with E-state index in [-0.39, 0.29) is 6.61 Å². The van der Waals surface area contributed by atoms with Gasteiger partial charge in [-0.1, -0.05) is 144 Å². The number of hydrogen-bond donors (Lipinski definition) is 1. The first-order valence-corrected chi connectivity index (χ1v) is 22.1. The van der Waals surface area contributed by atoms with E-state index in [1.807, 2.05) is 21.6 Å². The highest BCUT2D eigenvalue weighted by Crippen LogP contribution is 2.48. The van der Waals surface area contributed by atoms with Gasteiger partial charge in [0, 0.05) is 18.6 Å². The minimum atomic E-state index is -4.56. The first-order valence-electron chi connectivity index (χ1n) is 16.7. The molecular weight excluding hydrogens is 614 g/mol. The minimum absolute atomic E-state index is 0.0554. The maximum absolute atomic E-state index is 12.6. The van der Waals surface area contributed by atoms with E-state index in [2.05, 4.69) is 11.4 Å². The summed E-state index contributed by atoms with van der Waals surface area (Å²) in [4.78, 5) is 19.0. The van der Waals surface area contributed by atoms with E-state index < -0.39 is 15.6 Å². The number of phosphoric ester groups is 2. The normalized spacial score (nSPS) is 14.7. The lowest BCUT2D eigenvalue weighted by Crippen LogP contribution is -2.04. The lowest BCUT2D eigenvalue weighted by molar-refractivity contribution is -0.219. The van der Waals surface area contributed by atoms with Gasteiger partial charge in [0.2, 0.25) is 0 Å². The first-order chi connectivity index (χ1) is 20.3. The molecule has 0 aromatic carbocycles. The van der Waals surface area contributed by atoms with Gasteiger partial charge in [0.25, 0.3) is 7.82 Å². The Labute approximate surface area is 266 Å². The molecule has 2 atom stereocenters. The lowest BCUT2D eigenvalue weighted by Gasteiger charge is -2.15. The molecule has 0 bridgehead atoms. The van der Waals surface area contributed by atoms with Gasteiger partial charge in [-0.05, 0) is 32.1 Å². The summed E-state index contributed by atoms with van der Waals surface area (Å²) >= 11 is 0. The average molecular weight is 678 g/mol.